The van der Waals surface area contributed by atoms with Gasteiger partial charge >= 0.3 is 5.97 Å². The van der Waals surface area contributed by atoms with Gasteiger partial charge in [-0.3, -0.25) is 19.3 Å². The maximum absolute atomic E-state index is 14.1. The highest BCUT2D eigenvalue weighted by Crippen LogP contribution is 2.55. The van der Waals surface area contributed by atoms with E-state index in [0.717, 1.165) is 17.5 Å². The molecule has 3 heterocycles. The van der Waals surface area contributed by atoms with Crippen molar-refractivity contribution in [2.24, 2.45) is 11.8 Å². The molecule has 0 N–H and O–H groups in total. The first kappa shape index (κ1) is 25.1. The molecule has 0 aromatic heterocycles. The molecule has 3 aromatic rings. The molecule has 39 heavy (non-hydrogen) atoms. The van der Waals surface area contributed by atoms with Gasteiger partial charge in [0.25, 0.3) is 0 Å². The van der Waals surface area contributed by atoms with Crippen molar-refractivity contribution in [2.75, 3.05) is 18.6 Å². The van der Waals surface area contributed by atoms with Gasteiger partial charge in [0.1, 0.15) is 17.9 Å². The van der Waals surface area contributed by atoms with Crippen molar-refractivity contribution in [3.05, 3.63) is 102 Å². The predicted octanol–water partition coefficient (Wildman–Crippen LogP) is 4.47. The van der Waals surface area contributed by atoms with Crippen LogP contribution in [0.25, 0.3) is 6.08 Å². The zero-order valence-corrected chi connectivity index (χ0v) is 21.7. The molecule has 0 unspecified atom stereocenters. The van der Waals surface area contributed by atoms with Crippen LogP contribution in [0.4, 0.5) is 5.69 Å². The third-order valence-electron chi connectivity index (χ3n) is 8.26. The summed E-state index contributed by atoms with van der Waals surface area (Å²) in [6, 6.07) is 25.6. The van der Waals surface area contributed by atoms with Crippen LogP contribution in [0.15, 0.2) is 91.0 Å². The number of methoxy groups -OCH3 is 1. The van der Waals surface area contributed by atoms with Crippen LogP contribution in [0.2, 0.25) is 0 Å². The summed E-state index contributed by atoms with van der Waals surface area (Å²) >= 11 is 0. The maximum atomic E-state index is 14.1. The molecule has 4 atom stereocenters. The van der Waals surface area contributed by atoms with Gasteiger partial charge in [0.2, 0.25) is 11.8 Å². The summed E-state index contributed by atoms with van der Waals surface area (Å²) in [5.41, 5.74) is 1.04. The van der Waals surface area contributed by atoms with E-state index in [0.29, 0.717) is 24.4 Å². The fraction of sp³-hybridized carbons (Fsp3) is 0.281. The number of esters is 1. The van der Waals surface area contributed by atoms with Crippen LogP contribution in [0.1, 0.15) is 24.0 Å². The lowest BCUT2D eigenvalue weighted by molar-refractivity contribution is -0.161. The second-order valence-corrected chi connectivity index (χ2v) is 10.2. The molecule has 0 radical (unpaired) electrons. The molecule has 3 aliphatic heterocycles. The summed E-state index contributed by atoms with van der Waals surface area (Å²) in [4.78, 5) is 45.4. The summed E-state index contributed by atoms with van der Waals surface area (Å²) in [5, 5.41) is 0. The second-order valence-electron chi connectivity index (χ2n) is 10.2. The Kier molecular flexibility index (Phi) is 6.53. The standard InChI is InChI=1S/C32H30N2O5/c1-38-26-16-9-8-13-23(26)17-18-25-27-28(30(36)34(29(27)35)24-14-6-3-7-15-24)32(19-10-20-33(25)32)31(37)39-21-22-11-4-2-5-12-22/h2-9,11-18,25,27-28H,10,19-21H2,1H3/b18-17+/t25-,27+,28-,32+/m0/s1. The Morgan fingerprint density at radius 3 is 2.38 bits per heavy atom. The molecule has 0 bridgehead atoms. The van der Waals surface area contributed by atoms with Gasteiger partial charge in [0.15, 0.2) is 0 Å². The summed E-state index contributed by atoms with van der Waals surface area (Å²) in [6.45, 7) is 0.708. The number of ether oxygens (including phenoxy) is 2. The number of carbonyl (C=O) groups is 3. The fourth-order valence-corrected chi connectivity index (χ4v) is 6.60. The largest absolute Gasteiger partial charge is 0.496 e. The zero-order valence-electron chi connectivity index (χ0n) is 21.7. The van der Waals surface area contributed by atoms with Crippen LogP contribution in [-0.2, 0) is 25.7 Å². The van der Waals surface area contributed by atoms with Crippen molar-refractivity contribution in [2.45, 2.75) is 31.0 Å². The number of carbonyl (C=O) groups excluding carboxylic acids is 3. The zero-order chi connectivity index (χ0) is 27.0. The van der Waals surface area contributed by atoms with E-state index in [9.17, 15) is 14.4 Å². The highest BCUT2D eigenvalue weighted by atomic mass is 16.5. The lowest BCUT2D eigenvalue weighted by Gasteiger charge is -2.35. The van der Waals surface area contributed by atoms with Gasteiger partial charge in [-0.1, -0.05) is 78.9 Å². The second kappa shape index (κ2) is 10.2. The quantitative estimate of drug-likeness (QED) is 0.337. The van der Waals surface area contributed by atoms with E-state index in [-0.39, 0.29) is 18.4 Å². The van der Waals surface area contributed by atoms with E-state index in [1.54, 1.807) is 31.4 Å². The van der Waals surface area contributed by atoms with Crippen molar-refractivity contribution >= 4 is 29.5 Å². The first-order chi connectivity index (χ1) is 19.1. The summed E-state index contributed by atoms with van der Waals surface area (Å²) in [6.07, 6.45) is 5.07. The molecule has 0 saturated carbocycles. The number of rotatable bonds is 7. The van der Waals surface area contributed by atoms with E-state index in [1.807, 2.05) is 77.7 Å². The first-order valence-corrected chi connectivity index (χ1v) is 13.3. The van der Waals surface area contributed by atoms with Crippen LogP contribution in [0, 0.1) is 11.8 Å². The Morgan fingerprint density at radius 2 is 1.64 bits per heavy atom. The Balaban J connectivity index is 1.41. The third-order valence-corrected chi connectivity index (χ3v) is 8.26. The van der Waals surface area contributed by atoms with Crippen molar-refractivity contribution in [1.29, 1.82) is 0 Å². The molecule has 7 heteroatoms. The Morgan fingerprint density at radius 1 is 0.949 bits per heavy atom. The van der Waals surface area contributed by atoms with Crippen molar-refractivity contribution in [3.63, 3.8) is 0 Å². The summed E-state index contributed by atoms with van der Waals surface area (Å²) in [7, 11) is 1.61. The Bertz CT molecular complexity index is 1420. The smallest absolute Gasteiger partial charge is 0.327 e. The highest BCUT2D eigenvalue weighted by molar-refractivity contribution is 6.24. The number of hydrogen-bond acceptors (Lipinski definition) is 6. The van der Waals surface area contributed by atoms with Crippen LogP contribution in [0.3, 0.4) is 0 Å². The number of para-hydroxylation sites is 2. The van der Waals surface area contributed by atoms with Crippen LogP contribution < -0.4 is 9.64 Å². The first-order valence-electron chi connectivity index (χ1n) is 13.3. The van der Waals surface area contributed by atoms with E-state index in [2.05, 4.69) is 0 Å². The Hall–Kier alpha value is -4.23. The van der Waals surface area contributed by atoms with E-state index in [1.165, 1.54) is 4.90 Å². The third kappa shape index (κ3) is 4.05. The SMILES string of the molecule is COc1ccccc1/C=C/[C@H]1[C@H]2C(=O)N(c3ccccc3)C(=O)[C@H]2[C@@]2(C(=O)OCc3ccccc3)CCCN12. The number of fused-ring (bicyclic) bond motifs is 3. The van der Waals surface area contributed by atoms with Gasteiger partial charge in [-0.15, -0.1) is 0 Å². The average molecular weight is 523 g/mol. The number of hydrogen-bond donors (Lipinski definition) is 0. The minimum Gasteiger partial charge on any atom is -0.496 e. The number of benzene rings is 3. The van der Waals surface area contributed by atoms with E-state index in [4.69, 9.17) is 9.47 Å². The molecule has 6 rings (SSSR count). The Labute approximate surface area is 227 Å². The number of nitrogens with zero attached hydrogens (tertiary/aromatic N) is 2. The minimum atomic E-state index is -1.20. The van der Waals surface area contributed by atoms with Gasteiger partial charge in [-0.05, 0) is 43.1 Å². The molecule has 0 aliphatic carbocycles. The molecule has 3 fully saturated rings. The molecular formula is C32H30N2O5. The predicted molar refractivity (Wildman–Crippen MR) is 147 cm³/mol. The molecule has 3 saturated heterocycles. The summed E-state index contributed by atoms with van der Waals surface area (Å²) < 4.78 is 11.4. The molecule has 7 nitrogen and oxygen atoms in total. The van der Waals surface area contributed by atoms with E-state index >= 15 is 0 Å². The summed E-state index contributed by atoms with van der Waals surface area (Å²) in [5.74, 6) is -1.89. The van der Waals surface area contributed by atoms with Crippen LogP contribution >= 0.6 is 0 Å². The fourth-order valence-electron chi connectivity index (χ4n) is 6.60. The molecular weight excluding hydrogens is 492 g/mol. The molecule has 3 aromatic carbocycles. The van der Waals surface area contributed by atoms with Crippen molar-refractivity contribution in [3.8, 4) is 5.75 Å². The molecule has 0 spiro atoms. The topological polar surface area (TPSA) is 76.1 Å². The molecule has 3 aliphatic rings. The van der Waals surface area contributed by atoms with Crippen LogP contribution in [-0.4, -0.2) is 47.9 Å². The maximum Gasteiger partial charge on any atom is 0.327 e. The van der Waals surface area contributed by atoms with Gasteiger partial charge in [0.05, 0.1) is 24.6 Å². The van der Waals surface area contributed by atoms with Gasteiger partial charge < -0.3 is 9.47 Å². The normalized spacial score (nSPS) is 26.2. The lowest BCUT2D eigenvalue weighted by Crippen LogP contribution is -2.55. The highest BCUT2D eigenvalue weighted by Gasteiger charge is 2.73. The van der Waals surface area contributed by atoms with Crippen LogP contribution in [0.5, 0.6) is 5.75 Å². The minimum absolute atomic E-state index is 0.110. The number of amides is 2. The van der Waals surface area contributed by atoms with E-state index < -0.39 is 29.4 Å². The van der Waals surface area contributed by atoms with Gasteiger partial charge in [-0.2, -0.15) is 0 Å². The van der Waals surface area contributed by atoms with Crippen molar-refractivity contribution in [1.82, 2.24) is 4.90 Å². The van der Waals surface area contributed by atoms with Crippen molar-refractivity contribution < 1.29 is 23.9 Å². The molecule has 2 amide bonds. The van der Waals surface area contributed by atoms with Gasteiger partial charge in [-0.25, -0.2) is 4.90 Å². The number of imide groups is 1. The average Bonchev–Trinajstić information content (AvgIpc) is 3.60. The molecule has 198 valence electrons. The lowest BCUT2D eigenvalue weighted by atomic mass is 9.78. The van der Waals surface area contributed by atoms with Gasteiger partial charge in [0, 0.05) is 11.6 Å². The monoisotopic (exact) mass is 522 g/mol. The number of anilines is 1.